The van der Waals surface area contributed by atoms with Gasteiger partial charge in [-0.1, -0.05) is 28.9 Å². The number of rotatable bonds is 3. The van der Waals surface area contributed by atoms with Crippen LogP contribution in [-0.2, 0) is 0 Å². The average molecular weight is 329 g/mol. The molecule has 0 spiro atoms. The van der Waals surface area contributed by atoms with Gasteiger partial charge in [-0.25, -0.2) is 4.39 Å². The minimum Gasteiger partial charge on any atom is -0.329 e. The van der Waals surface area contributed by atoms with E-state index in [1.54, 1.807) is 0 Å². The monoisotopic (exact) mass is 328 g/mol. The second-order valence-corrected chi connectivity index (χ2v) is 6.34. The van der Waals surface area contributed by atoms with Gasteiger partial charge in [0.2, 0.25) is 0 Å². The minimum atomic E-state index is -0.212. The topological polar surface area (TPSA) is 29.3 Å². The van der Waals surface area contributed by atoms with Crippen molar-refractivity contribution in [3.05, 3.63) is 34.1 Å². The van der Waals surface area contributed by atoms with E-state index in [-0.39, 0.29) is 11.9 Å². The largest absolute Gasteiger partial charge is 0.329 e. The summed E-state index contributed by atoms with van der Waals surface area (Å²) < 4.78 is 14.0. The first kappa shape index (κ1) is 14.9. The molecule has 1 fully saturated rings. The average Bonchev–Trinajstić information content (AvgIpc) is 2.58. The van der Waals surface area contributed by atoms with Gasteiger partial charge in [0.15, 0.2) is 0 Å². The molecule has 1 aromatic carbocycles. The van der Waals surface area contributed by atoms with E-state index in [0.717, 1.165) is 29.0 Å². The third-order valence-electron chi connectivity index (χ3n) is 4.04. The first-order valence-electron chi connectivity index (χ1n) is 7.01. The summed E-state index contributed by atoms with van der Waals surface area (Å²) in [5, 5.41) is 0. The molecule has 4 heteroatoms. The Morgan fingerprint density at radius 2 is 2.21 bits per heavy atom. The Morgan fingerprint density at radius 3 is 2.89 bits per heavy atom. The summed E-state index contributed by atoms with van der Waals surface area (Å²) in [5.41, 5.74) is 7.07. The van der Waals surface area contributed by atoms with Crippen molar-refractivity contribution in [2.45, 2.75) is 32.2 Å². The summed E-state index contributed by atoms with van der Waals surface area (Å²) in [6, 6.07) is 5.08. The van der Waals surface area contributed by atoms with Gasteiger partial charge in [0, 0.05) is 17.1 Å². The number of nitrogens with zero attached hydrogens (tertiary/aromatic N) is 1. The number of halogens is 2. The molecule has 0 aromatic heterocycles. The Labute approximate surface area is 123 Å². The molecule has 2 N–H and O–H groups in total. The highest BCUT2D eigenvalue weighted by Crippen LogP contribution is 2.30. The lowest BCUT2D eigenvalue weighted by Crippen LogP contribution is -2.34. The SMILES string of the molecule is CC1CCCN(C(CN)c2ccc(F)cc2Br)CC1. The molecule has 2 rings (SSSR count). The van der Waals surface area contributed by atoms with Crippen molar-refractivity contribution in [3.63, 3.8) is 0 Å². The van der Waals surface area contributed by atoms with Crippen LogP contribution in [0.5, 0.6) is 0 Å². The van der Waals surface area contributed by atoms with Crippen LogP contribution < -0.4 is 5.73 Å². The van der Waals surface area contributed by atoms with Crippen LogP contribution in [0.15, 0.2) is 22.7 Å². The summed E-state index contributed by atoms with van der Waals surface area (Å²) in [4.78, 5) is 2.45. The van der Waals surface area contributed by atoms with Crippen molar-refractivity contribution < 1.29 is 4.39 Å². The predicted molar refractivity (Wildman–Crippen MR) is 80.5 cm³/mol. The van der Waals surface area contributed by atoms with Crippen molar-refractivity contribution in [3.8, 4) is 0 Å². The first-order valence-corrected chi connectivity index (χ1v) is 7.80. The van der Waals surface area contributed by atoms with Crippen LogP contribution in [-0.4, -0.2) is 24.5 Å². The van der Waals surface area contributed by atoms with Crippen molar-refractivity contribution in [1.82, 2.24) is 4.90 Å². The van der Waals surface area contributed by atoms with Gasteiger partial charge in [-0.2, -0.15) is 0 Å². The minimum absolute atomic E-state index is 0.181. The van der Waals surface area contributed by atoms with Crippen LogP contribution >= 0.6 is 15.9 Å². The highest BCUT2D eigenvalue weighted by molar-refractivity contribution is 9.10. The predicted octanol–water partition coefficient (Wildman–Crippen LogP) is 3.71. The molecule has 0 saturated carbocycles. The molecule has 1 aliphatic rings. The number of nitrogens with two attached hydrogens (primary N) is 1. The molecular weight excluding hydrogens is 307 g/mol. The van der Waals surface area contributed by atoms with Crippen LogP contribution in [0.25, 0.3) is 0 Å². The molecule has 106 valence electrons. The van der Waals surface area contributed by atoms with E-state index in [1.165, 1.54) is 31.4 Å². The smallest absolute Gasteiger partial charge is 0.124 e. The second kappa shape index (κ2) is 6.82. The molecule has 0 aliphatic carbocycles. The fourth-order valence-electron chi connectivity index (χ4n) is 2.84. The first-order chi connectivity index (χ1) is 9.11. The zero-order chi connectivity index (χ0) is 13.8. The van der Waals surface area contributed by atoms with Gasteiger partial charge >= 0.3 is 0 Å². The second-order valence-electron chi connectivity index (χ2n) is 5.49. The zero-order valence-corrected chi connectivity index (χ0v) is 13.0. The lowest BCUT2D eigenvalue weighted by Gasteiger charge is -2.30. The van der Waals surface area contributed by atoms with E-state index in [0.29, 0.717) is 6.54 Å². The maximum atomic E-state index is 13.2. The van der Waals surface area contributed by atoms with E-state index < -0.39 is 0 Å². The van der Waals surface area contributed by atoms with Gasteiger partial charge in [0.25, 0.3) is 0 Å². The quantitative estimate of drug-likeness (QED) is 0.916. The lowest BCUT2D eigenvalue weighted by atomic mass is 10.0. The molecule has 0 radical (unpaired) electrons. The third kappa shape index (κ3) is 3.77. The van der Waals surface area contributed by atoms with E-state index >= 15 is 0 Å². The van der Waals surface area contributed by atoms with Crippen LogP contribution in [0.1, 0.15) is 37.8 Å². The Bertz CT molecular complexity index is 425. The van der Waals surface area contributed by atoms with Crippen molar-refractivity contribution >= 4 is 15.9 Å². The maximum absolute atomic E-state index is 13.2. The van der Waals surface area contributed by atoms with Crippen molar-refractivity contribution in [2.24, 2.45) is 11.7 Å². The Kier molecular flexibility index (Phi) is 5.37. The fourth-order valence-corrected chi connectivity index (χ4v) is 3.46. The maximum Gasteiger partial charge on any atom is 0.124 e. The van der Waals surface area contributed by atoms with Gasteiger partial charge in [0.05, 0.1) is 0 Å². The summed E-state index contributed by atoms with van der Waals surface area (Å²) >= 11 is 3.46. The molecule has 2 atom stereocenters. The van der Waals surface area contributed by atoms with Gasteiger partial charge in [-0.3, -0.25) is 4.90 Å². The van der Waals surface area contributed by atoms with E-state index in [2.05, 4.69) is 27.8 Å². The molecule has 1 saturated heterocycles. The molecule has 0 amide bonds. The van der Waals surface area contributed by atoms with E-state index in [9.17, 15) is 4.39 Å². The van der Waals surface area contributed by atoms with Crippen LogP contribution in [0.4, 0.5) is 4.39 Å². The Hall–Kier alpha value is -0.450. The Morgan fingerprint density at radius 1 is 1.42 bits per heavy atom. The van der Waals surface area contributed by atoms with Crippen LogP contribution in [0, 0.1) is 11.7 Å². The summed E-state index contributed by atoms with van der Waals surface area (Å²) in [6.07, 6.45) is 3.73. The summed E-state index contributed by atoms with van der Waals surface area (Å²) in [6.45, 7) is 5.04. The zero-order valence-electron chi connectivity index (χ0n) is 11.4. The molecule has 1 aliphatic heterocycles. The van der Waals surface area contributed by atoms with Gasteiger partial charge in [-0.15, -0.1) is 0 Å². The normalized spacial score (nSPS) is 23.1. The van der Waals surface area contributed by atoms with Crippen LogP contribution in [0.2, 0.25) is 0 Å². The molecular formula is C15H22BrFN2. The van der Waals surface area contributed by atoms with E-state index in [1.807, 2.05) is 6.07 Å². The van der Waals surface area contributed by atoms with Crippen molar-refractivity contribution in [1.29, 1.82) is 0 Å². The highest BCUT2D eigenvalue weighted by atomic mass is 79.9. The molecule has 1 aromatic rings. The van der Waals surface area contributed by atoms with Gasteiger partial charge < -0.3 is 5.73 Å². The van der Waals surface area contributed by atoms with Crippen molar-refractivity contribution in [2.75, 3.05) is 19.6 Å². The van der Waals surface area contributed by atoms with Crippen LogP contribution in [0.3, 0.4) is 0 Å². The fraction of sp³-hybridized carbons (Fsp3) is 0.600. The standard InChI is InChI=1S/C15H22BrFN2/c1-11-3-2-7-19(8-6-11)15(10-18)13-5-4-12(17)9-14(13)16/h4-5,9,11,15H,2-3,6-8,10,18H2,1H3. The van der Waals surface area contributed by atoms with Gasteiger partial charge in [-0.05, 0) is 56.0 Å². The lowest BCUT2D eigenvalue weighted by molar-refractivity contribution is 0.207. The summed E-state index contributed by atoms with van der Waals surface area (Å²) in [7, 11) is 0. The van der Waals surface area contributed by atoms with E-state index in [4.69, 9.17) is 5.73 Å². The third-order valence-corrected chi connectivity index (χ3v) is 4.72. The number of likely N-dealkylation sites (tertiary alicyclic amines) is 1. The Balaban J connectivity index is 2.18. The molecule has 1 heterocycles. The molecule has 19 heavy (non-hydrogen) atoms. The number of hydrogen-bond donors (Lipinski definition) is 1. The number of benzene rings is 1. The van der Waals surface area contributed by atoms with Gasteiger partial charge in [0.1, 0.15) is 5.82 Å². The molecule has 0 bridgehead atoms. The molecule has 2 unspecified atom stereocenters. The molecule has 2 nitrogen and oxygen atoms in total. The summed E-state index contributed by atoms with van der Waals surface area (Å²) in [5.74, 6) is 0.580. The highest BCUT2D eigenvalue weighted by Gasteiger charge is 2.23. The number of hydrogen-bond acceptors (Lipinski definition) is 2.